The van der Waals surface area contributed by atoms with Crippen LogP contribution in [-0.2, 0) is 14.4 Å². The highest BCUT2D eigenvalue weighted by atomic mass is 35.5. The van der Waals surface area contributed by atoms with Crippen molar-refractivity contribution in [3.05, 3.63) is 56.1 Å². The quantitative estimate of drug-likeness (QED) is 0.259. The van der Waals surface area contributed by atoms with E-state index in [1.165, 1.54) is 30.3 Å². The molecule has 1 aliphatic rings. The highest BCUT2D eigenvalue weighted by Gasteiger charge is 2.41. The number of thioether (sulfide) groups is 1. The smallest absolute Gasteiger partial charge is 0.327 e. The van der Waals surface area contributed by atoms with Crippen molar-refractivity contribution in [1.29, 1.82) is 0 Å². The van der Waals surface area contributed by atoms with Gasteiger partial charge >= 0.3 is 11.9 Å². The minimum absolute atomic E-state index is 0.0531. The number of aliphatic carboxylic acids is 2. The number of non-ortho nitro benzene ring substituents is 1. The normalized spacial score (nSPS) is 16.0. The summed E-state index contributed by atoms with van der Waals surface area (Å²) in [6.45, 7) is 0. The third-order valence-electron chi connectivity index (χ3n) is 4.12. The Kier molecular flexibility index (Phi) is 6.43. The number of nitro groups is 1. The van der Waals surface area contributed by atoms with Gasteiger partial charge in [0, 0.05) is 23.8 Å². The van der Waals surface area contributed by atoms with E-state index in [0.29, 0.717) is 5.56 Å². The number of carboxylic acids is 2. The number of benzene rings is 1. The largest absolute Gasteiger partial charge is 0.481 e. The summed E-state index contributed by atoms with van der Waals surface area (Å²) >= 11 is 12.0. The van der Waals surface area contributed by atoms with Crippen molar-refractivity contribution < 1.29 is 33.9 Å². The van der Waals surface area contributed by atoms with Gasteiger partial charge < -0.3 is 14.6 Å². The molecular weight excluding hydrogens is 472 g/mol. The van der Waals surface area contributed by atoms with E-state index in [1.54, 1.807) is 6.07 Å². The number of carbonyl (C=O) groups is 3. The molecule has 0 bridgehead atoms. The van der Waals surface area contributed by atoms with E-state index in [2.05, 4.69) is 0 Å². The van der Waals surface area contributed by atoms with Crippen LogP contribution in [0.2, 0.25) is 5.02 Å². The molecule has 13 heteroatoms. The molecule has 1 fully saturated rings. The number of thiocarbonyl (C=S) groups is 1. The Balaban J connectivity index is 1.87. The highest BCUT2D eigenvalue weighted by Crippen LogP contribution is 2.36. The van der Waals surface area contributed by atoms with E-state index in [1.807, 2.05) is 0 Å². The number of amides is 1. The minimum atomic E-state index is -1.64. The fourth-order valence-corrected chi connectivity index (χ4v) is 4.33. The summed E-state index contributed by atoms with van der Waals surface area (Å²) in [4.78, 5) is 46.1. The molecule has 0 spiro atoms. The maximum absolute atomic E-state index is 12.6. The first-order chi connectivity index (χ1) is 14.6. The summed E-state index contributed by atoms with van der Waals surface area (Å²) in [6.07, 6.45) is 0.528. The Bertz CT molecular complexity index is 1160. The predicted octanol–water partition coefficient (Wildman–Crippen LogP) is 3.64. The first kappa shape index (κ1) is 22.5. The Morgan fingerprint density at radius 3 is 2.61 bits per heavy atom. The SMILES string of the molecule is O=C(O)C[C@@H](C(=O)O)N1C(=O)/C(=C\c2ccc(-c3ccc([N+](=O)[O-])cc3Cl)o2)SC1=S. The lowest BCUT2D eigenvalue weighted by atomic mass is 10.1. The molecule has 1 aromatic heterocycles. The topological polar surface area (TPSA) is 151 Å². The summed E-state index contributed by atoms with van der Waals surface area (Å²) in [7, 11) is 0. The second-order valence-electron chi connectivity index (χ2n) is 6.13. The van der Waals surface area contributed by atoms with Gasteiger partial charge in [0.25, 0.3) is 11.6 Å². The fourth-order valence-electron chi connectivity index (χ4n) is 2.72. The zero-order chi connectivity index (χ0) is 22.9. The fraction of sp³-hybridized carbons (Fsp3) is 0.111. The maximum Gasteiger partial charge on any atom is 0.327 e. The molecule has 1 aromatic carbocycles. The van der Waals surface area contributed by atoms with E-state index in [-0.39, 0.29) is 31.5 Å². The van der Waals surface area contributed by atoms with Gasteiger partial charge in [-0.25, -0.2) is 4.79 Å². The Morgan fingerprint density at radius 2 is 2.03 bits per heavy atom. The van der Waals surface area contributed by atoms with Gasteiger partial charge in [0.1, 0.15) is 21.9 Å². The summed E-state index contributed by atoms with van der Waals surface area (Å²) in [5.74, 6) is -3.13. The van der Waals surface area contributed by atoms with Crippen LogP contribution < -0.4 is 0 Å². The molecule has 10 nitrogen and oxygen atoms in total. The van der Waals surface area contributed by atoms with E-state index in [9.17, 15) is 29.6 Å². The molecule has 1 amide bonds. The van der Waals surface area contributed by atoms with Gasteiger partial charge in [-0.3, -0.25) is 24.6 Å². The number of rotatable bonds is 7. The number of nitrogens with zero attached hydrogens (tertiary/aromatic N) is 2. The number of hydrogen-bond donors (Lipinski definition) is 2. The number of halogens is 1. The standard InChI is InChI=1S/C18H11ClN2O8S2/c19-11-5-8(21(27)28)1-3-10(11)13-4-2-9(29-13)6-14-16(24)20(18(30)31-14)12(17(25)26)7-15(22)23/h1-6,12H,7H2,(H,22,23)(H,25,26)/b14-6+/t12-/m0/s1. The lowest BCUT2D eigenvalue weighted by Crippen LogP contribution is -2.45. The minimum Gasteiger partial charge on any atom is -0.481 e. The van der Waals surface area contributed by atoms with Crippen molar-refractivity contribution in [2.45, 2.75) is 12.5 Å². The van der Waals surface area contributed by atoms with E-state index in [0.717, 1.165) is 16.7 Å². The zero-order valence-corrected chi connectivity index (χ0v) is 17.6. The van der Waals surface area contributed by atoms with Crippen molar-refractivity contribution in [1.82, 2.24) is 4.90 Å². The number of furan rings is 1. The molecule has 3 rings (SSSR count). The molecule has 160 valence electrons. The van der Waals surface area contributed by atoms with Crippen LogP contribution in [0, 0.1) is 10.1 Å². The molecular formula is C18H11ClN2O8S2. The second kappa shape index (κ2) is 8.88. The number of carboxylic acid groups (broad SMARTS) is 2. The monoisotopic (exact) mass is 482 g/mol. The highest BCUT2D eigenvalue weighted by molar-refractivity contribution is 8.26. The Labute approximate surface area is 188 Å². The van der Waals surface area contributed by atoms with Crippen molar-refractivity contribution >= 4 is 69.5 Å². The van der Waals surface area contributed by atoms with Crippen molar-refractivity contribution in [2.75, 3.05) is 0 Å². The number of hydrogen-bond acceptors (Lipinski definition) is 8. The number of nitro benzene ring substituents is 1. The van der Waals surface area contributed by atoms with Crippen LogP contribution in [0.1, 0.15) is 12.2 Å². The first-order valence-electron chi connectivity index (χ1n) is 8.34. The Hall–Kier alpha value is -3.22. The molecule has 2 N–H and O–H groups in total. The average Bonchev–Trinajstić information content (AvgIpc) is 3.24. The van der Waals surface area contributed by atoms with Crippen LogP contribution >= 0.6 is 35.6 Å². The van der Waals surface area contributed by atoms with Crippen LogP contribution in [0.4, 0.5) is 5.69 Å². The van der Waals surface area contributed by atoms with Gasteiger partial charge in [-0.15, -0.1) is 0 Å². The lowest BCUT2D eigenvalue weighted by molar-refractivity contribution is -0.384. The van der Waals surface area contributed by atoms with E-state index >= 15 is 0 Å². The van der Waals surface area contributed by atoms with Crippen molar-refractivity contribution in [3.63, 3.8) is 0 Å². The second-order valence-corrected chi connectivity index (χ2v) is 8.21. The third-order valence-corrected chi connectivity index (χ3v) is 5.76. The van der Waals surface area contributed by atoms with Crippen LogP contribution in [0.25, 0.3) is 17.4 Å². The first-order valence-corrected chi connectivity index (χ1v) is 9.94. The van der Waals surface area contributed by atoms with Gasteiger partial charge in [0.2, 0.25) is 0 Å². The third kappa shape index (κ3) is 4.76. The van der Waals surface area contributed by atoms with Crippen LogP contribution in [0.15, 0.2) is 39.7 Å². The summed E-state index contributed by atoms with van der Waals surface area (Å²) < 4.78 is 5.55. The van der Waals surface area contributed by atoms with Gasteiger partial charge in [0.05, 0.1) is 21.3 Å². The molecule has 1 aliphatic heterocycles. The lowest BCUT2D eigenvalue weighted by Gasteiger charge is -2.21. The van der Waals surface area contributed by atoms with Gasteiger partial charge in [-0.1, -0.05) is 35.6 Å². The molecule has 2 aromatic rings. The maximum atomic E-state index is 12.6. The zero-order valence-electron chi connectivity index (χ0n) is 15.2. The van der Waals surface area contributed by atoms with Crippen LogP contribution in [0.5, 0.6) is 0 Å². The molecule has 0 aliphatic carbocycles. The van der Waals surface area contributed by atoms with Gasteiger partial charge in [-0.2, -0.15) is 0 Å². The van der Waals surface area contributed by atoms with Crippen molar-refractivity contribution in [3.8, 4) is 11.3 Å². The molecule has 0 saturated carbocycles. The summed E-state index contributed by atoms with van der Waals surface area (Å²) in [5, 5.41) is 29.1. The molecule has 0 radical (unpaired) electrons. The predicted molar refractivity (Wildman–Crippen MR) is 114 cm³/mol. The van der Waals surface area contributed by atoms with Gasteiger partial charge in [0.15, 0.2) is 0 Å². The molecule has 31 heavy (non-hydrogen) atoms. The Morgan fingerprint density at radius 1 is 1.32 bits per heavy atom. The molecule has 1 atom stereocenters. The average molecular weight is 483 g/mol. The summed E-state index contributed by atoms with van der Waals surface area (Å²) in [6, 6.07) is 5.30. The molecule has 1 saturated heterocycles. The molecule has 2 heterocycles. The van der Waals surface area contributed by atoms with E-state index in [4.69, 9.17) is 33.3 Å². The van der Waals surface area contributed by atoms with Gasteiger partial charge in [-0.05, 0) is 18.2 Å². The number of carbonyl (C=O) groups excluding carboxylic acids is 1. The molecule has 0 unspecified atom stereocenters. The van der Waals surface area contributed by atoms with E-state index < -0.39 is 35.2 Å². The van der Waals surface area contributed by atoms with Crippen LogP contribution in [-0.4, -0.2) is 48.2 Å². The van der Waals surface area contributed by atoms with Crippen molar-refractivity contribution in [2.24, 2.45) is 0 Å². The van der Waals surface area contributed by atoms with Crippen LogP contribution in [0.3, 0.4) is 0 Å². The summed E-state index contributed by atoms with van der Waals surface area (Å²) in [5.41, 5.74) is 0.213.